The van der Waals surface area contributed by atoms with E-state index in [0.717, 1.165) is 30.9 Å². The van der Waals surface area contributed by atoms with Crippen LogP contribution in [0, 0.1) is 5.92 Å². The van der Waals surface area contributed by atoms with Gasteiger partial charge < -0.3 is 10.2 Å². The van der Waals surface area contributed by atoms with Gasteiger partial charge in [0.2, 0.25) is 0 Å². The zero-order valence-electron chi connectivity index (χ0n) is 14.0. The largest absolute Gasteiger partial charge is 0.367 e. The number of nitrogens with zero attached hydrogens (tertiary/aromatic N) is 4. The zero-order valence-corrected chi connectivity index (χ0v) is 14.0. The van der Waals surface area contributed by atoms with E-state index in [4.69, 9.17) is 0 Å². The van der Waals surface area contributed by atoms with Crippen molar-refractivity contribution in [1.82, 2.24) is 19.7 Å². The summed E-state index contributed by atoms with van der Waals surface area (Å²) in [7, 11) is 1.93. The highest BCUT2D eigenvalue weighted by molar-refractivity contribution is 5.95. The Morgan fingerprint density at radius 3 is 2.88 bits per heavy atom. The number of pyridine rings is 1. The third-order valence-electron chi connectivity index (χ3n) is 4.99. The van der Waals surface area contributed by atoms with Crippen LogP contribution in [0.25, 0.3) is 0 Å². The molecule has 0 unspecified atom stereocenters. The Morgan fingerprint density at radius 1 is 1.38 bits per heavy atom. The van der Waals surface area contributed by atoms with Crippen LogP contribution in [0.5, 0.6) is 0 Å². The van der Waals surface area contributed by atoms with Crippen molar-refractivity contribution in [3.8, 4) is 0 Å². The first-order valence-electron chi connectivity index (χ1n) is 8.67. The lowest BCUT2D eigenvalue weighted by Gasteiger charge is -2.39. The maximum atomic E-state index is 12.6. The molecule has 0 bridgehead atoms. The number of aromatic nitrogens is 3. The third kappa shape index (κ3) is 3.13. The Bertz CT molecular complexity index is 731. The Hall–Kier alpha value is -2.37. The maximum Gasteiger partial charge on any atom is 0.254 e. The van der Waals surface area contributed by atoms with Crippen molar-refractivity contribution in [1.29, 1.82) is 0 Å². The molecule has 6 heteroatoms. The van der Waals surface area contributed by atoms with E-state index >= 15 is 0 Å². The number of nitrogens with one attached hydrogen (secondary N) is 1. The molecule has 3 heterocycles. The first-order chi connectivity index (χ1) is 11.7. The number of hydrogen-bond donors (Lipinski definition) is 1. The van der Waals surface area contributed by atoms with Crippen molar-refractivity contribution in [3.63, 3.8) is 0 Å². The molecule has 0 atom stereocenters. The van der Waals surface area contributed by atoms with Crippen molar-refractivity contribution in [2.75, 3.05) is 18.4 Å². The molecule has 2 aromatic heterocycles. The molecule has 2 aliphatic rings. The van der Waals surface area contributed by atoms with Gasteiger partial charge in [0, 0.05) is 44.1 Å². The first kappa shape index (κ1) is 15.2. The van der Waals surface area contributed by atoms with E-state index in [1.54, 1.807) is 6.20 Å². The second-order valence-electron chi connectivity index (χ2n) is 7.00. The lowest BCUT2D eigenvalue weighted by Crippen LogP contribution is -2.50. The van der Waals surface area contributed by atoms with Gasteiger partial charge in [-0.25, -0.2) is 4.98 Å². The van der Waals surface area contributed by atoms with E-state index in [-0.39, 0.29) is 5.91 Å². The van der Waals surface area contributed by atoms with E-state index in [9.17, 15) is 4.79 Å². The third-order valence-corrected chi connectivity index (χ3v) is 4.99. The second-order valence-corrected chi connectivity index (χ2v) is 7.00. The molecule has 6 nitrogen and oxygen atoms in total. The van der Waals surface area contributed by atoms with Crippen LogP contribution in [-0.2, 0) is 13.5 Å². The van der Waals surface area contributed by atoms with Gasteiger partial charge in [-0.05, 0) is 49.3 Å². The Morgan fingerprint density at radius 2 is 2.21 bits per heavy atom. The number of carbonyl (C=O) groups is 1. The smallest absolute Gasteiger partial charge is 0.254 e. The minimum atomic E-state index is 0.108. The molecule has 1 amide bonds. The molecule has 1 saturated carbocycles. The van der Waals surface area contributed by atoms with Gasteiger partial charge in [-0.1, -0.05) is 0 Å². The van der Waals surface area contributed by atoms with Crippen LogP contribution in [0.4, 0.5) is 5.82 Å². The van der Waals surface area contributed by atoms with E-state index in [1.807, 2.05) is 41.2 Å². The summed E-state index contributed by atoms with van der Waals surface area (Å²) in [5.74, 6) is 1.46. The van der Waals surface area contributed by atoms with Gasteiger partial charge in [0.15, 0.2) is 0 Å². The van der Waals surface area contributed by atoms with E-state index < -0.39 is 0 Å². The summed E-state index contributed by atoms with van der Waals surface area (Å²) in [6.07, 6.45) is 10.3. The number of anilines is 1. The predicted octanol–water partition coefficient (Wildman–Crippen LogP) is 2.09. The summed E-state index contributed by atoms with van der Waals surface area (Å²) in [4.78, 5) is 18.9. The van der Waals surface area contributed by atoms with Gasteiger partial charge in [-0.15, -0.1) is 0 Å². The minimum Gasteiger partial charge on any atom is -0.367 e. The standard InChI is InChI=1S/C18H23N5O/c1-22-10-13(9-20-22)7-14-11-23(12-14)18(24)15-5-6-19-17(8-15)21-16-3-2-4-16/h5-6,8-10,14,16H,2-4,7,11-12H2,1H3,(H,19,21). The summed E-state index contributed by atoms with van der Waals surface area (Å²) >= 11 is 0. The first-order valence-corrected chi connectivity index (χ1v) is 8.67. The highest BCUT2D eigenvalue weighted by Gasteiger charge is 2.31. The molecule has 1 aliphatic heterocycles. The zero-order chi connectivity index (χ0) is 16.5. The second kappa shape index (κ2) is 6.26. The van der Waals surface area contributed by atoms with Crippen molar-refractivity contribution >= 4 is 11.7 Å². The van der Waals surface area contributed by atoms with E-state index in [2.05, 4.69) is 15.4 Å². The van der Waals surface area contributed by atoms with Crippen LogP contribution in [0.3, 0.4) is 0 Å². The van der Waals surface area contributed by atoms with Crippen LogP contribution in [0.1, 0.15) is 35.2 Å². The summed E-state index contributed by atoms with van der Waals surface area (Å²) in [5, 5.41) is 7.60. The number of likely N-dealkylation sites (tertiary alicyclic amines) is 1. The number of hydrogen-bond acceptors (Lipinski definition) is 4. The van der Waals surface area contributed by atoms with Gasteiger partial charge in [0.25, 0.3) is 5.91 Å². The molecule has 2 aromatic rings. The molecule has 2 fully saturated rings. The highest BCUT2D eigenvalue weighted by atomic mass is 16.2. The maximum absolute atomic E-state index is 12.6. The molecule has 0 radical (unpaired) electrons. The molecule has 0 spiro atoms. The van der Waals surface area contributed by atoms with Crippen LogP contribution in [-0.4, -0.2) is 44.7 Å². The summed E-state index contributed by atoms with van der Waals surface area (Å²) < 4.78 is 1.82. The van der Waals surface area contributed by atoms with Crippen LogP contribution >= 0.6 is 0 Å². The van der Waals surface area contributed by atoms with Crippen molar-refractivity contribution in [3.05, 3.63) is 41.9 Å². The van der Waals surface area contributed by atoms with E-state index in [1.165, 1.54) is 24.8 Å². The van der Waals surface area contributed by atoms with Gasteiger partial charge >= 0.3 is 0 Å². The highest BCUT2D eigenvalue weighted by Crippen LogP contribution is 2.25. The van der Waals surface area contributed by atoms with Crippen molar-refractivity contribution < 1.29 is 4.79 Å². The number of rotatable bonds is 5. The molecule has 1 saturated heterocycles. The Balaban J connectivity index is 1.32. The molecule has 0 aromatic carbocycles. The molecule has 4 rings (SSSR count). The fraction of sp³-hybridized carbons (Fsp3) is 0.500. The normalized spacial score (nSPS) is 18.1. The van der Waals surface area contributed by atoms with Gasteiger partial charge in [0.1, 0.15) is 5.82 Å². The van der Waals surface area contributed by atoms with Gasteiger partial charge in [-0.2, -0.15) is 5.10 Å². The quantitative estimate of drug-likeness (QED) is 0.914. The number of aryl methyl sites for hydroxylation is 1. The molecule has 1 N–H and O–H groups in total. The summed E-state index contributed by atoms with van der Waals surface area (Å²) in [6, 6.07) is 4.22. The molecular weight excluding hydrogens is 302 g/mol. The topological polar surface area (TPSA) is 63.1 Å². The van der Waals surface area contributed by atoms with Crippen molar-refractivity contribution in [2.24, 2.45) is 13.0 Å². The number of carbonyl (C=O) groups excluding carboxylic acids is 1. The Kier molecular flexibility index (Phi) is 3.96. The molecular formula is C18H23N5O. The van der Waals surface area contributed by atoms with Crippen LogP contribution in [0.2, 0.25) is 0 Å². The molecule has 24 heavy (non-hydrogen) atoms. The van der Waals surface area contributed by atoms with Crippen molar-refractivity contribution in [2.45, 2.75) is 31.7 Å². The summed E-state index contributed by atoms with van der Waals surface area (Å²) in [6.45, 7) is 1.64. The predicted molar refractivity (Wildman–Crippen MR) is 91.8 cm³/mol. The van der Waals surface area contributed by atoms with E-state index in [0.29, 0.717) is 12.0 Å². The number of amides is 1. The minimum absolute atomic E-state index is 0.108. The van der Waals surface area contributed by atoms with Crippen LogP contribution in [0.15, 0.2) is 30.7 Å². The monoisotopic (exact) mass is 325 g/mol. The average molecular weight is 325 g/mol. The fourth-order valence-corrected chi connectivity index (χ4v) is 3.36. The summed E-state index contributed by atoms with van der Waals surface area (Å²) in [5.41, 5.74) is 1.97. The Labute approximate surface area is 141 Å². The lowest BCUT2D eigenvalue weighted by molar-refractivity contribution is 0.0501. The average Bonchev–Trinajstić information content (AvgIpc) is 2.91. The van der Waals surface area contributed by atoms with Gasteiger partial charge in [-0.3, -0.25) is 9.48 Å². The van der Waals surface area contributed by atoms with Gasteiger partial charge in [0.05, 0.1) is 6.20 Å². The lowest BCUT2D eigenvalue weighted by atomic mass is 9.92. The molecule has 1 aliphatic carbocycles. The fourth-order valence-electron chi connectivity index (χ4n) is 3.36. The SMILES string of the molecule is Cn1cc(CC2CN(C(=O)c3ccnc(NC4CCC4)c3)C2)cn1. The van der Waals surface area contributed by atoms with Crippen LogP contribution < -0.4 is 5.32 Å². The molecule has 126 valence electrons.